The van der Waals surface area contributed by atoms with Gasteiger partial charge in [-0.1, -0.05) is 29.5 Å². The fourth-order valence-corrected chi connectivity index (χ4v) is 5.31. The van der Waals surface area contributed by atoms with Crippen molar-refractivity contribution in [2.45, 2.75) is 25.7 Å². The maximum Gasteiger partial charge on any atom is 0.259 e. The summed E-state index contributed by atoms with van der Waals surface area (Å²) in [6.45, 7) is 1.91. The molecule has 0 unspecified atom stereocenters. The minimum absolute atomic E-state index is 0.294. The fraction of sp³-hybridized carbons (Fsp3) is 0.167. The third kappa shape index (κ3) is 4.60. The molecular formula is C30H23N5O2S. The largest absolute Gasteiger partial charge is 0.496 e. The van der Waals surface area contributed by atoms with Crippen LogP contribution in [0.5, 0.6) is 5.75 Å². The van der Waals surface area contributed by atoms with Gasteiger partial charge in [0.15, 0.2) is 5.13 Å². The average Bonchev–Trinajstić information content (AvgIpc) is 3.72. The van der Waals surface area contributed by atoms with Gasteiger partial charge in [-0.05, 0) is 73.7 Å². The number of hydrogen-bond donors (Lipinski definition) is 1. The molecule has 1 aliphatic rings. The topological polar surface area (TPSA) is 101 Å². The van der Waals surface area contributed by atoms with Crippen molar-refractivity contribution in [1.82, 2.24) is 15.0 Å². The lowest BCUT2D eigenvalue weighted by Crippen LogP contribution is -2.14. The highest BCUT2D eigenvalue weighted by atomic mass is 32.1. The lowest BCUT2D eigenvalue weighted by Gasteiger charge is -2.15. The smallest absolute Gasteiger partial charge is 0.259 e. The molecule has 7 nitrogen and oxygen atoms in total. The zero-order chi connectivity index (χ0) is 26.2. The van der Waals surface area contributed by atoms with E-state index in [9.17, 15) is 4.79 Å². The fourth-order valence-electron chi connectivity index (χ4n) is 4.48. The van der Waals surface area contributed by atoms with Crippen LogP contribution in [0.2, 0.25) is 0 Å². The van der Waals surface area contributed by atoms with Crippen LogP contribution in [0.3, 0.4) is 0 Å². The molecule has 1 N–H and O–H groups in total. The number of thiazole rings is 1. The molecular weight excluding hydrogens is 494 g/mol. The molecule has 0 atom stereocenters. The van der Waals surface area contributed by atoms with E-state index in [4.69, 9.17) is 15.0 Å². The zero-order valence-electron chi connectivity index (χ0n) is 20.9. The zero-order valence-corrected chi connectivity index (χ0v) is 21.7. The highest BCUT2D eigenvalue weighted by Crippen LogP contribution is 2.43. The van der Waals surface area contributed by atoms with Gasteiger partial charge in [0.05, 0.1) is 30.0 Å². The Morgan fingerprint density at radius 3 is 2.61 bits per heavy atom. The molecule has 2 aromatic carbocycles. The second kappa shape index (κ2) is 9.69. The number of nitrogens with one attached hydrogen (secondary N) is 1. The van der Waals surface area contributed by atoms with Crippen molar-refractivity contribution in [3.8, 4) is 34.2 Å². The number of ether oxygens (including phenoxy) is 1. The predicted octanol–water partition coefficient (Wildman–Crippen LogP) is 6.74. The molecule has 0 radical (unpaired) electrons. The standard InChI is InChI=1S/C30H23N5O2S/c1-17-13-22(23-14-21(19-7-8-19)9-12-27(23)37-2)24(16-32-17)28(36)35-30-34-26-11-10-25(33-29(26)38-30)20-5-3-18(15-31)4-6-20/h3-6,9-14,16,19H,7-8H2,1-2H3,(H,34,35,36). The van der Waals surface area contributed by atoms with E-state index in [1.165, 1.54) is 29.7 Å². The van der Waals surface area contributed by atoms with Crippen LogP contribution in [0.25, 0.3) is 32.7 Å². The summed E-state index contributed by atoms with van der Waals surface area (Å²) in [4.78, 5) is 27.9. The summed E-state index contributed by atoms with van der Waals surface area (Å²) in [6, 6.07) is 21.3. The molecule has 1 fully saturated rings. The number of amides is 1. The molecule has 0 bridgehead atoms. The van der Waals surface area contributed by atoms with E-state index < -0.39 is 0 Å². The number of aryl methyl sites for hydroxylation is 1. The first-order chi connectivity index (χ1) is 18.5. The highest BCUT2D eigenvalue weighted by Gasteiger charge is 2.26. The summed E-state index contributed by atoms with van der Waals surface area (Å²) in [5.74, 6) is 0.996. The van der Waals surface area contributed by atoms with E-state index in [0.717, 1.165) is 28.1 Å². The number of benzene rings is 2. The van der Waals surface area contributed by atoms with Crippen molar-refractivity contribution in [2.24, 2.45) is 0 Å². The number of carbonyl (C=O) groups excluding carboxylic acids is 1. The minimum atomic E-state index is -0.294. The molecule has 5 aromatic rings. The van der Waals surface area contributed by atoms with E-state index in [1.807, 2.05) is 43.3 Å². The van der Waals surface area contributed by atoms with E-state index in [2.05, 4.69) is 33.5 Å². The number of carbonyl (C=O) groups is 1. The number of pyridine rings is 2. The number of nitrogens with zero attached hydrogens (tertiary/aromatic N) is 4. The van der Waals surface area contributed by atoms with Crippen LogP contribution in [0.15, 0.2) is 66.9 Å². The van der Waals surface area contributed by atoms with Gasteiger partial charge >= 0.3 is 0 Å². The van der Waals surface area contributed by atoms with E-state index in [-0.39, 0.29) is 5.91 Å². The molecule has 3 aromatic heterocycles. The molecule has 8 heteroatoms. The molecule has 0 saturated heterocycles. The number of rotatable bonds is 6. The number of aromatic nitrogens is 3. The third-order valence-corrected chi connectivity index (χ3v) is 7.51. The summed E-state index contributed by atoms with van der Waals surface area (Å²) in [5.41, 5.74) is 7.16. The van der Waals surface area contributed by atoms with Crippen molar-refractivity contribution in [3.63, 3.8) is 0 Å². The molecule has 38 heavy (non-hydrogen) atoms. The maximum absolute atomic E-state index is 13.5. The summed E-state index contributed by atoms with van der Waals surface area (Å²) < 4.78 is 5.66. The van der Waals surface area contributed by atoms with Gasteiger partial charge in [0.1, 0.15) is 16.1 Å². The summed E-state index contributed by atoms with van der Waals surface area (Å²) >= 11 is 1.31. The second-order valence-electron chi connectivity index (χ2n) is 9.29. The Morgan fingerprint density at radius 1 is 1.05 bits per heavy atom. The molecule has 1 aliphatic carbocycles. The van der Waals surface area contributed by atoms with Crippen LogP contribution in [0.4, 0.5) is 5.13 Å². The van der Waals surface area contributed by atoms with E-state index in [1.54, 1.807) is 25.4 Å². The van der Waals surface area contributed by atoms with Crippen LogP contribution >= 0.6 is 11.3 Å². The maximum atomic E-state index is 13.5. The Labute approximate surface area is 223 Å². The molecule has 6 rings (SSSR count). The monoisotopic (exact) mass is 517 g/mol. The molecule has 3 heterocycles. The Hall–Kier alpha value is -4.61. The molecule has 0 aliphatic heterocycles. The summed E-state index contributed by atoms with van der Waals surface area (Å²) in [7, 11) is 1.64. The Bertz CT molecular complexity index is 1730. The molecule has 1 amide bonds. The van der Waals surface area contributed by atoms with E-state index in [0.29, 0.717) is 38.3 Å². The first-order valence-corrected chi connectivity index (χ1v) is 13.1. The summed E-state index contributed by atoms with van der Waals surface area (Å²) in [5, 5.41) is 12.4. The Balaban J connectivity index is 1.32. The van der Waals surface area contributed by atoms with Gasteiger partial charge in [0.25, 0.3) is 5.91 Å². The van der Waals surface area contributed by atoms with Crippen molar-refractivity contribution in [2.75, 3.05) is 12.4 Å². The number of nitriles is 1. The number of hydrogen-bond acceptors (Lipinski definition) is 7. The molecule has 0 spiro atoms. The first kappa shape index (κ1) is 23.8. The van der Waals surface area contributed by atoms with Crippen molar-refractivity contribution < 1.29 is 9.53 Å². The number of anilines is 1. The lowest BCUT2D eigenvalue weighted by atomic mass is 9.96. The minimum Gasteiger partial charge on any atom is -0.496 e. The van der Waals surface area contributed by atoms with Gasteiger partial charge in [-0.25, -0.2) is 9.97 Å². The quantitative estimate of drug-likeness (QED) is 0.268. The van der Waals surface area contributed by atoms with Gasteiger partial charge in [-0.3, -0.25) is 15.1 Å². The normalized spacial score (nSPS) is 12.8. The highest BCUT2D eigenvalue weighted by molar-refractivity contribution is 7.22. The van der Waals surface area contributed by atoms with Gasteiger partial charge in [0, 0.05) is 28.6 Å². The van der Waals surface area contributed by atoms with Crippen LogP contribution in [-0.2, 0) is 0 Å². The summed E-state index contributed by atoms with van der Waals surface area (Å²) in [6.07, 6.45) is 3.98. The van der Waals surface area contributed by atoms with Crippen LogP contribution in [-0.4, -0.2) is 28.0 Å². The van der Waals surface area contributed by atoms with Crippen LogP contribution < -0.4 is 10.1 Å². The first-order valence-electron chi connectivity index (χ1n) is 12.3. The molecule has 1 saturated carbocycles. The Kier molecular flexibility index (Phi) is 6.06. The van der Waals surface area contributed by atoms with Gasteiger partial charge < -0.3 is 4.74 Å². The van der Waals surface area contributed by atoms with Gasteiger partial charge in [-0.2, -0.15) is 5.26 Å². The van der Waals surface area contributed by atoms with Crippen LogP contribution in [0, 0.1) is 18.3 Å². The average molecular weight is 518 g/mol. The van der Waals surface area contributed by atoms with Gasteiger partial charge in [0.2, 0.25) is 0 Å². The lowest BCUT2D eigenvalue weighted by molar-refractivity contribution is 0.102. The number of methoxy groups -OCH3 is 1. The SMILES string of the molecule is COc1ccc(C2CC2)cc1-c1cc(C)ncc1C(=O)Nc1nc2ccc(-c3ccc(C#N)cc3)nc2s1. The van der Waals surface area contributed by atoms with Gasteiger partial charge in [-0.15, -0.1) is 0 Å². The van der Waals surface area contributed by atoms with Crippen molar-refractivity contribution in [3.05, 3.63) is 89.2 Å². The van der Waals surface area contributed by atoms with Crippen LogP contribution in [0.1, 0.15) is 45.9 Å². The molecule has 186 valence electrons. The van der Waals surface area contributed by atoms with Crippen molar-refractivity contribution in [1.29, 1.82) is 5.26 Å². The Morgan fingerprint density at radius 2 is 1.87 bits per heavy atom. The predicted molar refractivity (Wildman–Crippen MR) is 148 cm³/mol. The second-order valence-corrected chi connectivity index (χ2v) is 10.3. The van der Waals surface area contributed by atoms with Crippen molar-refractivity contribution >= 4 is 32.7 Å². The number of fused-ring (bicyclic) bond motifs is 1. The third-order valence-electron chi connectivity index (χ3n) is 6.63. The van der Waals surface area contributed by atoms with E-state index >= 15 is 0 Å².